The van der Waals surface area contributed by atoms with Crippen molar-refractivity contribution in [1.29, 1.82) is 0 Å². The molecule has 1 aromatic rings. The maximum absolute atomic E-state index is 11.4. The lowest BCUT2D eigenvalue weighted by Gasteiger charge is -2.03. The highest BCUT2D eigenvalue weighted by Crippen LogP contribution is 2.02. The van der Waals surface area contributed by atoms with E-state index in [0.29, 0.717) is 6.42 Å². The first-order valence-electron chi connectivity index (χ1n) is 5.44. The molecule has 1 aromatic carbocycles. The Bertz CT molecular complexity index is 412. The molecule has 0 aliphatic rings. The van der Waals surface area contributed by atoms with Crippen molar-refractivity contribution < 1.29 is 14.4 Å². The number of hydrogen-bond acceptors (Lipinski definition) is 3. The minimum Gasteiger partial charge on any atom is -0.299 e. The lowest BCUT2D eigenvalue weighted by Crippen LogP contribution is -2.31. The Morgan fingerprint density at radius 2 is 1.71 bits per heavy atom. The highest BCUT2D eigenvalue weighted by molar-refractivity contribution is 6.03. The van der Waals surface area contributed by atoms with Gasteiger partial charge in [0.2, 0.25) is 11.8 Å². The normalized spacial score (nSPS) is 9.71. The van der Waals surface area contributed by atoms with Crippen LogP contribution in [0.2, 0.25) is 0 Å². The molecule has 0 heterocycles. The Morgan fingerprint density at radius 1 is 1.06 bits per heavy atom. The summed E-state index contributed by atoms with van der Waals surface area (Å²) in [4.78, 5) is 33.1. The van der Waals surface area contributed by atoms with Gasteiger partial charge in [0.25, 0.3) is 0 Å². The van der Waals surface area contributed by atoms with E-state index >= 15 is 0 Å². The number of carbonyl (C=O) groups is 3. The summed E-state index contributed by atoms with van der Waals surface area (Å²) in [6.07, 6.45) is 0.588. The third-order valence-electron chi connectivity index (χ3n) is 2.17. The van der Waals surface area contributed by atoms with Crippen molar-refractivity contribution in [3.63, 3.8) is 0 Å². The van der Waals surface area contributed by atoms with Crippen LogP contribution in [-0.4, -0.2) is 17.6 Å². The third-order valence-corrected chi connectivity index (χ3v) is 2.17. The number of carbonyl (C=O) groups excluding carboxylic acids is 3. The van der Waals surface area contributed by atoms with Crippen LogP contribution in [-0.2, 0) is 20.8 Å². The molecule has 0 radical (unpaired) electrons. The molecule has 1 rings (SSSR count). The molecule has 0 spiro atoms. The number of nitrogens with one attached hydrogen (secondary N) is 1. The van der Waals surface area contributed by atoms with Gasteiger partial charge in [0, 0.05) is 6.42 Å². The molecule has 0 aliphatic carbocycles. The van der Waals surface area contributed by atoms with Crippen LogP contribution < -0.4 is 5.32 Å². The van der Waals surface area contributed by atoms with Gasteiger partial charge in [-0.3, -0.25) is 19.7 Å². The standard InChI is InChI=1S/C13H15NO3/c1-10(15)9-13(17)14-12(16)8-7-11-5-3-2-4-6-11/h2-6H,7-9H2,1H3,(H,14,16,17). The molecular weight excluding hydrogens is 218 g/mol. The van der Waals surface area contributed by atoms with E-state index in [1.807, 2.05) is 30.3 Å². The first-order chi connectivity index (χ1) is 8.08. The average Bonchev–Trinajstić information content (AvgIpc) is 2.26. The van der Waals surface area contributed by atoms with Gasteiger partial charge in [-0.1, -0.05) is 30.3 Å². The largest absolute Gasteiger partial charge is 0.299 e. The van der Waals surface area contributed by atoms with Gasteiger partial charge in [0.05, 0.1) is 6.42 Å². The summed E-state index contributed by atoms with van der Waals surface area (Å²) in [5.74, 6) is -1.13. The van der Waals surface area contributed by atoms with Crippen molar-refractivity contribution in [1.82, 2.24) is 5.32 Å². The first-order valence-corrected chi connectivity index (χ1v) is 5.44. The molecule has 17 heavy (non-hydrogen) atoms. The quantitative estimate of drug-likeness (QED) is 0.778. The van der Waals surface area contributed by atoms with Crippen LogP contribution in [0, 0.1) is 0 Å². The Balaban J connectivity index is 2.31. The summed E-state index contributed by atoms with van der Waals surface area (Å²) >= 11 is 0. The SMILES string of the molecule is CC(=O)CC(=O)NC(=O)CCc1ccccc1. The van der Waals surface area contributed by atoms with Crippen molar-refractivity contribution in [2.75, 3.05) is 0 Å². The molecule has 0 saturated carbocycles. The fourth-order valence-electron chi connectivity index (χ4n) is 1.39. The Kier molecular flexibility index (Phi) is 5.07. The van der Waals surface area contributed by atoms with Crippen LogP contribution >= 0.6 is 0 Å². The summed E-state index contributed by atoms with van der Waals surface area (Å²) in [5.41, 5.74) is 1.04. The maximum atomic E-state index is 11.4. The van der Waals surface area contributed by atoms with Crippen LogP contribution in [0.3, 0.4) is 0 Å². The van der Waals surface area contributed by atoms with E-state index in [1.54, 1.807) is 0 Å². The van der Waals surface area contributed by atoms with E-state index < -0.39 is 5.91 Å². The number of rotatable bonds is 5. The number of benzene rings is 1. The summed E-state index contributed by atoms with van der Waals surface area (Å²) in [5, 5.41) is 2.18. The predicted octanol–water partition coefficient (Wildman–Crippen LogP) is 1.24. The Morgan fingerprint density at radius 3 is 2.29 bits per heavy atom. The molecular formula is C13H15NO3. The monoisotopic (exact) mass is 233 g/mol. The lowest BCUT2D eigenvalue weighted by molar-refractivity contribution is -0.132. The fourth-order valence-corrected chi connectivity index (χ4v) is 1.39. The van der Waals surface area contributed by atoms with Crippen LogP contribution in [0.1, 0.15) is 25.3 Å². The lowest BCUT2D eigenvalue weighted by atomic mass is 10.1. The van der Waals surface area contributed by atoms with Gasteiger partial charge in [-0.25, -0.2) is 0 Å². The van der Waals surface area contributed by atoms with Gasteiger partial charge < -0.3 is 0 Å². The van der Waals surface area contributed by atoms with Crippen LogP contribution in [0.5, 0.6) is 0 Å². The Hall–Kier alpha value is -1.97. The minimum atomic E-state index is -0.532. The second-order valence-corrected chi connectivity index (χ2v) is 3.84. The van der Waals surface area contributed by atoms with Gasteiger partial charge in [0.1, 0.15) is 5.78 Å². The average molecular weight is 233 g/mol. The number of ketones is 1. The Labute approximate surface area is 100 Å². The first kappa shape index (κ1) is 13.1. The summed E-state index contributed by atoms with van der Waals surface area (Å²) in [6, 6.07) is 9.54. The van der Waals surface area contributed by atoms with Gasteiger partial charge in [-0.05, 0) is 18.9 Å². The van der Waals surface area contributed by atoms with Crippen molar-refractivity contribution >= 4 is 17.6 Å². The van der Waals surface area contributed by atoms with Gasteiger partial charge in [-0.15, -0.1) is 0 Å². The molecule has 4 nitrogen and oxygen atoms in total. The smallest absolute Gasteiger partial charge is 0.233 e. The minimum absolute atomic E-state index is 0.239. The van der Waals surface area contributed by atoms with E-state index in [0.717, 1.165) is 5.56 Å². The van der Waals surface area contributed by atoms with Crippen LogP contribution in [0.4, 0.5) is 0 Å². The zero-order valence-corrected chi connectivity index (χ0v) is 9.73. The molecule has 4 heteroatoms. The van der Waals surface area contributed by atoms with E-state index in [4.69, 9.17) is 0 Å². The second kappa shape index (κ2) is 6.58. The molecule has 0 unspecified atom stereocenters. The molecule has 0 saturated heterocycles. The highest BCUT2D eigenvalue weighted by atomic mass is 16.2. The molecule has 90 valence electrons. The topological polar surface area (TPSA) is 63.2 Å². The number of hydrogen-bond donors (Lipinski definition) is 1. The third kappa shape index (κ3) is 5.61. The molecule has 2 amide bonds. The van der Waals surface area contributed by atoms with Gasteiger partial charge in [0.15, 0.2) is 0 Å². The van der Waals surface area contributed by atoms with Crippen LogP contribution in [0.25, 0.3) is 0 Å². The van der Waals surface area contributed by atoms with E-state index in [2.05, 4.69) is 5.32 Å². The van der Waals surface area contributed by atoms with Gasteiger partial charge >= 0.3 is 0 Å². The fraction of sp³-hybridized carbons (Fsp3) is 0.308. The van der Waals surface area contributed by atoms with E-state index in [1.165, 1.54) is 6.92 Å². The van der Waals surface area contributed by atoms with Gasteiger partial charge in [-0.2, -0.15) is 0 Å². The molecule has 0 aromatic heterocycles. The zero-order valence-electron chi connectivity index (χ0n) is 9.73. The van der Waals surface area contributed by atoms with E-state index in [-0.39, 0.29) is 24.5 Å². The van der Waals surface area contributed by atoms with Crippen molar-refractivity contribution in [2.45, 2.75) is 26.2 Å². The van der Waals surface area contributed by atoms with E-state index in [9.17, 15) is 14.4 Å². The predicted molar refractivity (Wildman–Crippen MR) is 63.2 cm³/mol. The van der Waals surface area contributed by atoms with Crippen LogP contribution in [0.15, 0.2) is 30.3 Å². The maximum Gasteiger partial charge on any atom is 0.233 e. The second-order valence-electron chi connectivity index (χ2n) is 3.84. The number of imide groups is 1. The zero-order chi connectivity index (χ0) is 12.7. The summed E-state index contributed by atoms with van der Waals surface area (Å²) < 4.78 is 0. The number of Topliss-reactive ketones (excluding diaryl/α,β-unsaturated/α-hetero) is 1. The highest BCUT2D eigenvalue weighted by Gasteiger charge is 2.09. The number of aryl methyl sites for hydroxylation is 1. The summed E-state index contributed by atoms with van der Waals surface area (Å²) in [6.45, 7) is 1.31. The molecule has 0 fully saturated rings. The van der Waals surface area contributed by atoms with Crippen molar-refractivity contribution in [3.05, 3.63) is 35.9 Å². The molecule has 0 aliphatic heterocycles. The summed E-state index contributed by atoms with van der Waals surface area (Å²) in [7, 11) is 0. The molecule has 0 atom stereocenters. The van der Waals surface area contributed by atoms with Crippen molar-refractivity contribution in [2.24, 2.45) is 0 Å². The molecule has 1 N–H and O–H groups in total. The van der Waals surface area contributed by atoms with Crippen molar-refractivity contribution in [3.8, 4) is 0 Å². The number of amides is 2. The molecule has 0 bridgehead atoms.